The van der Waals surface area contributed by atoms with Crippen LogP contribution in [-0.2, 0) is 21.9 Å². The molecule has 0 saturated heterocycles. The molecule has 172 valence electrons. The van der Waals surface area contributed by atoms with E-state index in [1.54, 1.807) is 23.8 Å². The summed E-state index contributed by atoms with van der Waals surface area (Å²) in [6.45, 7) is 2.21. The van der Waals surface area contributed by atoms with Gasteiger partial charge in [0.1, 0.15) is 11.8 Å². The van der Waals surface area contributed by atoms with Crippen molar-refractivity contribution in [1.82, 2.24) is 10.2 Å². The van der Waals surface area contributed by atoms with Crippen LogP contribution in [0.1, 0.15) is 43.7 Å². The molecule has 2 amide bonds. The first-order valence-electron chi connectivity index (χ1n) is 11.0. The molecule has 1 aliphatic carbocycles. The Kier molecular flexibility index (Phi) is 9.48. The fourth-order valence-electron chi connectivity index (χ4n) is 3.82. The van der Waals surface area contributed by atoms with Gasteiger partial charge < -0.3 is 15.0 Å². The second-order valence-corrected chi connectivity index (χ2v) is 10.1. The summed E-state index contributed by atoms with van der Waals surface area (Å²) in [6.07, 6.45) is 4.35. The molecule has 2 aromatic carbocycles. The van der Waals surface area contributed by atoms with Crippen LogP contribution in [0.15, 0.2) is 53.0 Å². The van der Waals surface area contributed by atoms with Crippen LogP contribution < -0.4 is 10.1 Å². The summed E-state index contributed by atoms with van der Waals surface area (Å²) >= 11 is 5.01. The van der Waals surface area contributed by atoms with E-state index in [9.17, 15) is 9.59 Å². The molecular weight excluding hydrogens is 488 g/mol. The summed E-state index contributed by atoms with van der Waals surface area (Å²) in [5, 5.41) is 3.14. The minimum absolute atomic E-state index is 0.0306. The number of nitrogens with one attached hydrogen (secondary N) is 1. The van der Waals surface area contributed by atoms with E-state index >= 15 is 0 Å². The van der Waals surface area contributed by atoms with Gasteiger partial charge in [-0.2, -0.15) is 0 Å². The average Bonchev–Trinajstić information content (AvgIpc) is 3.31. The number of hydrogen-bond acceptors (Lipinski definition) is 4. The number of hydrogen-bond donors (Lipinski definition) is 1. The van der Waals surface area contributed by atoms with E-state index in [0.717, 1.165) is 47.2 Å². The number of carbonyl (C=O) groups excluding carboxylic acids is 2. The van der Waals surface area contributed by atoms with Crippen LogP contribution in [0, 0.1) is 0 Å². The Hall–Kier alpha value is -1.99. The van der Waals surface area contributed by atoms with E-state index in [4.69, 9.17) is 4.74 Å². The molecule has 0 aliphatic heterocycles. The van der Waals surface area contributed by atoms with Crippen LogP contribution in [0.25, 0.3) is 0 Å². The van der Waals surface area contributed by atoms with Gasteiger partial charge in [0.05, 0.1) is 12.9 Å². The van der Waals surface area contributed by atoms with Gasteiger partial charge in [-0.15, -0.1) is 11.8 Å². The zero-order valence-electron chi connectivity index (χ0n) is 18.7. The fraction of sp³-hybridized carbons (Fsp3) is 0.440. The van der Waals surface area contributed by atoms with Gasteiger partial charge in [0.25, 0.3) is 0 Å². The van der Waals surface area contributed by atoms with Crippen LogP contribution in [0.5, 0.6) is 5.75 Å². The largest absolute Gasteiger partial charge is 0.497 e. The highest BCUT2D eigenvalue weighted by Gasteiger charge is 2.28. The smallest absolute Gasteiger partial charge is 0.242 e. The molecule has 32 heavy (non-hydrogen) atoms. The highest BCUT2D eigenvalue weighted by molar-refractivity contribution is 9.10. The Labute approximate surface area is 203 Å². The second-order valence-electron chi connectivity index (χ2n) is 8.15. The fourth-order valence-corrected chi connectivity index (χ4v) is 4.96. The molecule has 1 atom stereocenters. The van der Waals surface area contributed by atoms with Crippen molar-refractivity contribution in [2.24, 2.45) is 0 Å². The lowest BCUT2D eigenvalue weighted by Gasteiger charge is -2.29. The van der Waals surface area contributed by atoms with Gasteiger partial charge in [0, 0.05) is 22.8 Å². The first kappa shape index (κ1) is 24.6. The zero-order chi connectivity index (χ0) is 22.9. The second kappa shape index (κ2) is 12.3. The zero-order valence-corrected chi connectivity index (χ0v) is 21.1. The van der Waals surface area contributed by atoms with Crippen LogP contribution in [0.4, 0.5) is 0 Å². The molecule has 0 aromatic heterocycles. The third-order valence-corrected chi connectivity index (χ3v) is 7.31. The number of carbonyl (C=O) groups is 2. The molecule has 0 radical (unpaired) electrons. The molecule has 0 heterocycles. The maximum absolute atomic E-state index is 13.2. The molecule has 0 bridgehead atoms. The Morgan fingerprint density at radius 1 is 1.09 bits per heavy atom. The van der Waals surface area contributed by atoms with Gasteiger partial charge >= 0.3 is 0 Å². The van der Waals surface area contributed by atoms with Crippen LogP contribution in [0.2, 0.25) is 0 Å². The SMILES string of the molecule is COc1ccc(CN(C(=O)CSCc2ccc(Br)cc2)C(C)C(=O)NC2CCCC2)cc1. The van der Waals surface area contributed by atoms with Gasteiger partial charge in [-0.1, -0.05) is 53.0 Å². The summed E-state index contributed by atoms with van der Waals surface area (Å²) in [5.74, 6) is 1.74. The van der Waals surface area contributed by atoms with Gasteiger partial charge in [-0.25, -0.2) is 0 Å². The number of thioether (sulfide) groups is 1. The molecule has 1 unspecified atom stereocenters. The summed E-state index contributed by atoms with van der Waals surface area (Å²) in [4.78, 5) is 27.8. The number of halogens is 1. The predicted octanol–water partition coefficient (Wildman–Crippen LogP) is 5.17. The number of benzene rings is 2. The summed E-state index contributed by atoms with van der Waals surface area (Å²) in [5.41, 5.74) is 2.14. The lowest BCUT2D eigenvalue weighted by Crippen LogP contribution is -2.50. The summed E-state index contributed by atoms with van der Waals surface area (Å²) in [6, 6.07) is 15.4. The van der Waals surface area contributed by atoms with E-state index < -0.39 is 6.04 Å². The molecule has 2 aromatic rings. The highest BCUT2D eigenvalue weighted by atomic mass is 79.9. The standard InChI is InChI=1S/C25H31BrN2O3S/c1-18(25(30)27-22-5-3-4-6-22)28(15-19-9-13-23(31-2)14-10-19)24(29)17-32-16-20-7-11-21(26)12-8-20/h7-14,18,22H,3-6,15-17H2,1-2H3,(H,27,30). The quantitative estimate of drug-likeness (QED) is 0.471. The molecular formula is C25H31BrN2O3S. The van der Waals surface area contributed by atoms with Crippen molar-refractivity contribution in [3.05, 3.63) is 64.1 Å². The Morgan fingerprint density at radius 2 is 1.72 bits per heavy atom. The molecule has 1 saturated carbocycles. The molecule has 0 spiro atoms. The highest BCUT2D eigenvalue weighted by Crippen LogP contribution is 2.21. The monoisotopic (exact) mass is 518 g/mol. The van der Waals surface area contributed by atoms with Crippen molar-refractivity contribution in [2.45, 2.75) is 57.0 Å². The number of methoxy groups -OCH3 is 1. The van der Waals surface area contributed by atoms with Gasteiger partial charge in [0.2, 0.25) is 11.8 Å². The average molecular weight is 520 g/mol. The molecule has 1 fully saturated rings. The third-order valence-electron chi connectivity index (χ3n) is 5.79. The molecule has 3 rings (SSSR count). The van der Waals surface area contributed by atoms with E-state index in [1.807, 2.05) is 55.5 Å². The number of nitrogens with zero attached hydrogens (tertiary/aromatic N) is 1. The van der Waals surface area contributed by atoms with Crippen molar-refractivity contribution in [3.8, 4) is 5.75 Å². The molecule has 5 nitrogen and oxygen atoms in total. The maximum atomic E-state index is 13.2. The third kappa shape index (κ3) is 7.27. The lowest BCUT2D eigenvalue weighted by atomic mass is 10.1. The Morgan fingerprint density at radius 3 is 2.34 bits per heavy atom. The van der Waals surface area contributed by atoms with Crippen molar-refractivity contribution < 1.29 is 14.3 Å². The van der Waals surface area contributed by atoms with Crippen molar-refractivity contribution in [2.75, 3.05) is 12.9 Å². The molecule has 7 heteroatoms. The van der Waals surface area contributed by atoms with Crippen LogP contribution in [-0.4, -0.2) is 41.7 Å². The van der Waals surface area contributed by atoms with Gasteiger partial charge in [-0.3, -0.25) is 9.59 Å². The summed E-state index contributed by atoms with van der Waals surface area (Å²) < 4.78 is 6.27. The van der Waals surface area contributed by atoms with Crippen LogP contribution >= 0.6 is 27.7 Å². The number of rotatable bonds is 10. The van der Waals surface area contributed by atoms with Gasteiger partial charge in [-0.05, 0) is 55.2 Å². The molecule has 1 aliphatic rings. The minimum atomic E-state index is -0.529. The van der Waals surface area contributed by atoms with Crippen molar-refractivity contribution in [3.63, 3.8) is 0 Å². The van der Waals surface area contributed by atoms with Crippen LogP contribution in [0.3, 0.4) is 0 Å². The lowest BCUT2D eigenvalue weighted by molar-refractivity contribution is -0.138. The van der Waals surface area contributed by atoms with E-state index in [2.05, 4.69) is 21.2 Å². The number of ether oxygens (including phenoxy) is 1. The van der Waals surface area contributed by atoms with E-state index in [1.165, 1.54) is 5.56 Å². The first-order chi connectivity index (χ1) is 15.5. The Bertz CT molecular complexity index is 883. The first-order valence-corrected chi connectivity index (χ1v) is 13.0. The maximum Gasteiger partial charge on any atom is 0.242 e. The van der Waals surface area contributed by atoms with Crippen molar-refractivity contribution >= 4 is 39.5 Å². The topological polar surface area (TPSA) is 58.6 Å². The summed E-state index contributed by atoms with van der Waals surface area (Å²) in [7, 11) is 1.63. The van der Waals surface area contributed by atoms with E-state index in [-0.39, 0.29) is 17.9 Å². The van der Waals surface area contributed by atoms with Gasteiger partial charge in [0.15, 0.2) is 0 Å². The predicted molar refractivity (Wildman–Crippen MR) is 134 cm³/mol. The van der Waals surface area contributed by atoms with Crippen molar-refractivity contribution in [1.29, 1.82) is 0 Å². The minimum Gasteiger partial charge on any atom is -0.497 e. The Balaban J connectivity index is 1.65. The number of amides is 2. The molecule has 1 N–H and O–H groups in total. The van der Waals surface area contributed by atoms with E-state index in [0.29, 0.717) is 12.3 Å². The normalized spacial score (nSPS) is 14.7.